The Morgan fingerprint density at radius 1 is 0.676 bits per heavy atom. The van der Waals surface area contributed by atoms with Crippen LogP contribution < -0.4 is 30.0 Å². The van der Waals surface area contributed by atoms with E-state index in [2.05, 4.69) is 118 Å². The summed E-state index contributed by atoms with van der Waals surface area (Å²) < 4.78 is 0.519. The maximum absolute atomic E-state index is 2.54. The van der Waals surface area contributed by atoms with Gasteiger partial charge < -0.3 is 24.8 Å². The van der Waals surface area contributed by atoms with Gasteiger partial charge in [0.25, 0.3) is 0 Å². The molecule has 4 aromatic rings. The molecule has 0 aromatic heterocycles. The molecule has 0 aliphatic heterocycles. The molecule has 0 heterocycles. The molecular formula is C33H31Cl2SiZr. The Labute approximate surface area is 250 Å². The summed E-state index contributed by atoms with van der Waals surface area (Å²) in [5.41, 5.74) is 14.9. The number of benzene rings is 4. The molecule has 37 heavy (non-hydrogen) atoms. The summed E-state index contributed by atoms with van der Waals surface area (Å²) in [4.78, 5) is 0. The first kappa shape index (κ1) is 28.3. The molecule has 0 radical (unpaired) electrons. The van der Waals surface area contributed by atoms with Crippen LogP contribution in [0, 0.1) is 5.92 Å². The second kappa shape index (κ2) is 11.2. The van der Waals surface area contributed by atoms with Gasteiger partial charge in [-0.25, -0.2) is 0 Å². The fourth-order valence-corrected chi connectivity index (χ4v) is 9.10. The second-order valence-electron chi connectivity index (χ2n) is 10.6. The summed E-state index contributed by atoms with van der Waals surface area (Å²) in [7, 11) is -1.05. The smallest absolute Gasteiger partial charge is 1.00 e. The van der Waals surface area contributed by atoms with E-state index in [0.29, 0.717) is 15.5 Å². The zero-order chi connectivity index (χ0) is 24.3. The van der Waals surface area contributed by atoms with Gasteiger partial charge in [0.05, 0.1) is 0 Å². The maximum Gasteiger partial charge on any atom is -1.00 e. The van der Waals surface area contributed by atoms with Crippen LogP contribution in [0.25, 0.3) is 28.3 Å². The number of allylic oxidation sites excluding steroid dienone is 1. The first-order chi connectivity index (χ1) is 17.0. The Bertz CT molecular complexity index is 1470. The molecular weight excluding hydrogens is 587 g/mol. The molecule has 0 saturated heterocycles. The van der Waals surface area contributed by atoms with Crippen LogP contribution in [-0.4, -0.2) is 8.80 Å². The molecule has 0 bridgehead atoms. The van der Waals surface area contributed by atoms with Crippen molar-refractivity contribution in [3.8, 4) is 22.3 Å². The zero-order valence-electron chi connectivity index (χ0n) is 21.7. The normalized spacial score (nSPS) is 17.0. The molecule has 4 heteroatoms. The fraction of sp³-hybridized carbons (Fsp3) is 0.212. The van der Waals surface area contributed by atoms with E-state index in [1.54, 1.807) is 46.6 Å². The number of halogens is 2. The molecule has 2 aliphatic rings. The Morgan fingerprint density at radius 3 is 2.03 bits per heavy atom. The van der Waals surface area contributed by atoms with Gasteiger partial charge in [-0.05, 0) is 0 Å². The first-order valence-electron chi connectivity index (χ1n) is 12.8. The standard InChI is InChI=1S/C33H31Si.2ClH.Zr/c1-21(2)28-20-29-24(22-11-6-5-7-12-22)15-10-16-27(29)32(28)33-30-19-23-13-8-9-14-25(23)26(30)17-18-31(33)34(3)4;;;/h5-21,32,34H,1-4H3;2*1H;/q;;;+2/p-2. The molecule has 0 saturated carbocycles. The van der Waals surface area contributed by atoms with Crippen molar-refractivity contribution in [2.45, 2.75) is 36.5 Å². The molecule has 2 atom stereocenters. The van der Waals surface area contributed by atoms with E-state index in [4.69, 9.17) is 0 Å². The van der Waals surface area contributed by atoms with Crippen LogP contribution in [0.15, 0.2) is 90.5 Å². The largest absolute Gasteiger partial charge is 1.00 e. The van der Waals surface area contributed by atoms with E-state index in [9.17, 15) is 0 Å². The molecule has 0 fully saturated rings. The summed E-state index contributed by atoms with van der Waals surface area (Å²) in [5, 5.41) is 1.65. The minimum Gasteiger partial charge on any atom is -1.00 e. The van der Waals surface area contributed by atoms with E-state index in [0.717, 1.165) is 0 Å². The summed E-state index contributed by atoms with van der Waals surface area (Å²) in [6.07, 6.45) is 2.54. The average Bonchev–Trinajstić information content (AvgIpc) is 3.40. The van der Waals surface area contributed by atoms with Crippen molar-refractivity contribution in [1.82, 2.24) is 0 Å². The van der Waals surface area contributed by atoms with Crippen LogP contribution in [0.2, 0.25) is 13.1 Å². The van der Waals surface area contributed by atoms with Crippen molar-refractivity contribution in [3.63, 3.8) is 0 Å². The van der Waals surface area contributed by atoms with Gasteiger partial charge in [0.1, 0.15) is 0 Å². The Balaban J connectivity index is 0.00000160. The zero-order valence-corrected chi connectivity index (χ0v) is 26.9. The Morgan fingerprint density at radius 2 is 1.32 bits per heavy atom. The Hall–Kier alpha value is -1.70. The van der Waals surface area contributed by atoms with Gasteiger partial charge in [0.15, 0.2) is 0 Å². The van der Waals surface area contributed by atoms with Crippen molar-refractivity contribution >= 4 is 20.1 Å². The van der Waals surface area contributed by atoms with E-state index in [1.807, 2.05) is 0 Å². The number of rotatable bonds is 4. The van der Waals surface area contributed by atoms with E-state index < -0.39 is 8.80 Å². The van der Waals surface area contributed by atoms with Crippen LogP contribution >= 0.6 is 0 Å². The quantitative estimate of drug-likeness (QED) is 0.307. The molecule has 0 nitrogen and oxygen atoms in total. The van der Waals surface area contributed by atoms with Gasteiger partial charge in [-0.15, -0.1) is 0 Å². The van der Waals surface area contributed by atoms with Crippen molar-refractivity contribution < 1.29 is 49.5 Å². The third-order valence-electron chi connectivity index (χ3n) is 7.93. The monoisotopic (exact) mass is 615 g/mol. The molecule has 2 aliphatic carbocycles. The summed E-state index contributed by atoms with van der Waals surface area (Å²) in [6.45, 7) is 9.76. The van der Waals surface area contributed by atoms with E-state index in [1.165, 1.54) is 38.9 Å². The van der Waals surface area contributed by atoms with Crippen LogP contribution in [0.4, 0.5) is 0 Å². The average molecular weight is 618 g/mol. The fourth-order valence-electron chi connectivity index (χ4n) is 6.29. The summed E-state index contributed by atoms with van der Waals surface area (Å²) >= 11 is 1.59. The number of hydrogen-bond donors (Lipinski definition) is 0. The van der Waals surface area contributed by atoms with Gasteiger partial charge >= 0.3 is 228 Å². The predicted molar refractivity (Wildman–Crippen MR) is 149 cm³/mol. The van der Waals surface area contributed by atoms with Crippen LogP contribution in [0.3, 0.4) is 0 Å². The van der Waals surface area contributed by atoms with Crippen molar-refractivity contribution in [1.29, 1.82) is 0 Å². The molecule has 0 amide bonds. The topological polar surface area (TPSA) is 0 Å². The van der Waals surface area contributed by atoms with Crippen molar-refractivity contribution in [2.24, 2.45) is 5.92 Å². The van der Waals surface area contributed by atoms with Gasteiger partial charge in [-0.2, -0.15) is 0 Å². The second-order valence-corrected chi connectivity index (χ2v) is 15.0. The van der Waals surface area contributed by atoms with E-state index in [-0.39, 0.29) is 24.8 Å². The predicted octanol–water partition coefficient (Wildman–Crippen LogP) is 1.86. The molecule has 185 valence electrons. The van der Waals surface area contributed by atoms with Crippen LogP contribution in [0.1, 0.15) is 51.2 Å². The van der Waals surface area contributed by atoms with Crippen LogP contribution in [-0.2, 0) is 24.7 Å². The van der Waals surface area contributed by atoms with Gasteiger partial charge in [0, 0.05) is 0 Å². The number of fused-ring (bicyclic) bond motifs is 4. The van der Waals surface area contributed by atoms with E-state index >= 15 is 0 Å². The van der Waals surface area contributed by atoms with Gasteiger partial charge in [-0.1, -0.05) is 0 Å². The van der Waals surface area contributed by atoms with Crippen molar-refractivity contribution in [2.75, 3.05) is 0 Å². The number of hydrogen-bond acceptors (Lipinski definition) is 0. The SMILES string of the molecule is CC(C)C1=Cc2c(-c3ccccc3)cccc2C1c1c([SiH](C)C)ccc2c1[CH]([Zr+2])c1ccccc1-2.[Cl-].[Cl-]. The van der Waals surface area contributed by atoms with Gasteiger partial charge in [0.2, 0.25) is 0 Å². The third kappa shape index (κ3) is 4.59. The van der Waals surface area contributed by atoms with Gasteiger partial charge in [-0.3, -0.25) is 0 Å². The van der Waals surface area contributed by atoms with Crippen molar-refractivity contribution in [3.05, 3.63) is 118 Å². The van der Waals surface area contributed by atoms with Crippen LogP contribution in [0.5, 0.6) is 0 Å². The molecule has 0 spiro atoms. The summed E-state index contributed by atoms with van der Waals surface area (Å²) in [6, 6.07) is 32.0. The Kier molecular flexibility index (Phi) is 8.56. The molecule has 6 rings (SSSR count). The molecule has 4 aromatic carbocycles. The molecule has 2 unspecified atom stereocenters. The minimum absolute atomic E-state index is 0. The summed E-state index contributed by atoms with van der Waals surface area (Å²) in [5.74, 6) is 0.853. The molecule has 0 N–H and O–H groups in total. The minimum atomic E-state index is -1.05. The maximum atomic E-state index is 2.54. The third-order valence-corrected chi connectivity index (χ3v) is 11.2. The first-order valence-corrected chi connectivity index (χ1v) is 17.1.